The minimum atomic E-state index is -1.44. The molecule has 0 saturated carbocycles. The predicted octanol–water partition coefficient (Wildman–Crippen LogP) is 0.186. The molecule has 1 aromatic rings. The normalized spacial score (nSPS) is 15.1. The number of rotatable bonds is 6. The Morgan fingerprint density at radius 2 is 1.94 bits per heavy atom. The van der Waals surface area contributed by atoms with Crippen molar-refractivity contribution in [3.05, 3.63) is 29.3 Å². The zero-order valence-electron chi connectivity index (χ0n) is 17.7. The second-order valence-corrected chi connectivity index (χ2v) is 7.76. The molecular weight excluding hydrogens is 411 g/mol. The first kappa shape index (κ1) is 24.0. The highest BCUT2D eigenvalue weighted by atomic mass is 16.7. The zero-order chi connectivity index (χ0) is 23.2. The molecule has 1 heterocycles. The molecular formula is C19H25BN2O9. The highest BCUT2D eigenvalue weighted by Gasteiger charge is 2.38. The van der Waals surface area contributed by atoms with Crippen LogP contribution in [0.2, 0.25) is 0 Å². The number of esters is 2. The Bertz CT molecular complexity index is 853. The number of para-hydroxylation sites is 1. The summed E-state index contributed by atoms with van der Waals surface area (Å²) in [6.45, 7) is 4.09. The molecule has 0 radical (unpaired) electrons. The van der Waals surface area contributed by atoms with Crippen molar-refractivity contribution in [3.8, 4) is 5.75 Å². The lowest BCUT2D eigenvalue weighted by Crippen LogP contribution is -2.54. The Morgan fingerprint density at radius 3 is 2.58 bits per heavy atom. The highest BCUT2D eigenvalue weighted by molar-refractivity contribution is 6.47. The van der Waals surface area contributed by atoms with Crippen LogP contribution >= 0.6 is 0 Å². The van der Waals surface area contributed by atoms with Gasteiger partial charge in [0.25, 0.3) is 0 Å². The lowest BCUT2D eigenvalue weighted by molar-refractivity contribution is -0.161. The third kappa shape index (κ3) is 6.61. The summed E-state index contributed by atoms with van der Waals surface area (Å²) in [5.74, 6) is -2.57. The van der Waals surface area contributed by atoms with Gasteiger partial charge in [0.05, 0.1) is 25.0 Å². The molecule has 12 heteroatoms. The summed E-state index contributed by atoms with van der Waals surface area (Å²) in [5, 5.41) is 15.0. The van der Waals surface area contributed by atoms with Gasteiger partial charge in [-0.1, -0.05) is 12.1 Å². The number of carbonyl (C=O) groups is 4. The Labute approximate surface area is 179 Å². The minimum absolute atomic E-state index is 0.0421. The first-order valence-electron chi connectivity index (χ1n) is 9.45. The van der Waals surface area contributed by atoms with Gasteiger partial charge in [-0.25, -0.2) is 9.59 Å². The van der Waals surface area contributed by atoms with E-state index in [2.05, 4.69) is 15.4 Å². The van der Waals surface area contributed by atoms with E-state index in [4.69, 9.17) is 14.1 Å². The van der Waals surface area contributed by atoms with Crippen molar-refractivity contribution in [2.24, 2.45) is 5.41 Å². The van der Waals surface area contributed by atoms with E-state index in [0.717, 1.165) is 0 Å². The van der Waals surface area contributed by atoms with Crippen LogP contribution < -0.4 is 15.3 Å². The molecule has 0 aliphatic carbocycles. The standard InChI is InChI=1S/C19H25BN2O9/c1-19(2,3)17(25)30-10-29-16(24)12-7-5-6-11-8-13(20(27)31-15(11)12)22-14(23)9-21-18(26)28-4/h5-7,13,27H,8-10H2,1-4H3,(H,21,26)(H,22,23). The summed E-state index contributed by atoms with van der Waals surface area (Å²) in [5.41, 5.74) is -0.143. The van der Waals surface area contributed by atoms with Gasteiger partial charge < -0.3 is 34.5 Å². The van der Waals surface area contributed by atoms with E-state index in [1.165, 1.54) is 13.2 Å². The molecule has 0 saturated heterocycles. The topological polar surface area (TPSA) is 149 Å². The van der Waals surface area contributed by atoms with Crippen molar-refractivity contribution >= 4 is 31.1 Å². The van der Waals surface area contributed by atoms with Crippen LogP contribution in [-0.4, -0.2) is 62.5 Å². The fourth-order valence-electron chi connectivity index (χ4n) is 2.62. The molecule has 1 aliphatic rings. The lowest BCUT2D eigenvalue weighted by atomic mass is 9.72. The summed E-state index contributed by atoms with van der Waals surface area (Å²) < 4.78 is 19.7. The first-order chi connectivity index (χ1) is 14.5. The molecule has 11 nitrogen and oxygen atoms in total. The predicted molar refractivity (Wildman–Crippen MR) is 107 cm³/mol. The van der Waals surface area contributed by atoms with E-state index < -0.39 is 49.2 Å². The molecule has 1 aromatic carbocycles. The number of ether oxygens (including phenoxy) is 3. The highest BCUT2D eigenvalue weighted by Crippen LogP contribution is 2.30. The maximum Gasteiger partial charge on any atom is 0.547 e. The lowest BCUT2D eigenvalue weighted by Gasteiger charge is -2.29. The van der Waals surface area contributed by atoms with Crippen LogP contribution in [0.1, 0.15) is 36.7 Å². The van der Waals surface area contributed by atoms with Gasteiger partial charge in [-0.15, -0.1) is 0 Å². The van der Waals surface area contributed by atoms with Gasteiger partial charge in [0.1, 0.15) is 11.3 Å². The Kier molecular flexibility index (Phi) is 7.86. The van der Waals surface area contributed by atoms with E-state index in [1.807, 2.05) is 0 Å². The molecule has 0 fully saturated rings. The van der Waals surface area contributed by atoms with Gasteiger partial charge in [-0.3, -0.25) is 9.59 Å². The number of hydrogen-bond donors (Lipinski definition) is 3. The van der Waals surface area contributed by atoms with Gasteiger partial charge in [0.2, 0.25) is 12.7 Å². The third-order valence-electron chi connectivity index (χ3n) is 4.26. The maximum absolute atomic E-state index is 12.4. The van der Waals surface area contributed by atoms with E-state index in [0.29, 0.717) is 5.56 Å². The fourth-order valence-corrected chi connectivity index (χ4v) is 2.62. The summed E-state index contributed by atoms with van der Waals surface area (Å²) in [4.78, 5) is 47.1. The quantitative estimate of drug-likeness (QED) is 0.323. The maximum atomic E-state index is 12.4. The molecule has 0 aromatic heterocycles. The molecule has 31 heavy (non-hydrogen) atoms. The second-order valence-electron chi connectivity index (χ2n) is 7.76. The van der Waals surface area contributed by atoms with Gasteiger partial charge >= 0.3 is 25.2 Å². The van der Waals surface area contributed by atoms with E-state index in [-0.39, 0.29) is 24.3 Å². The summed E-state index contributed by atoms with van der Waals surface area (Å²) in [6, 6.07) is 4.71. The zero-order valence-corrected chi connectivity index (χ0v) is 17.7. The summed E-state index contributed by atoms with van der Waals surface area (Å²) >= 11 is 0. The number of methoxy groups -OCH3 is 1. The molecule has 3 N–H and O–H groups in total. The molecule has 1 aliphatic heterocycles. The van der Waals surface area contributed by atoms with Crippen molar-refractivity contribution < 1.29 is 43.1 Å². The van der Waals surface area contributed by atoms with Crippen molar-refractivity contribution in [2.75, 3.05) is 20.4 Å². The molecule has 168 valence electrons. The summed E-state index contributed by atoms with van der Waals surface area (Å²) in [6.07, 6.45) is -0.599. The second kappa shape index (κ2) is 10.2. The molecule has 1 atom stereocenters. The number of fused-ring (bicyclic) bond motifs is 1. The number of nitrogens with one attached hydrogen (secondary N) is 2. The number of carbonyl (C=O) groups excluding carboxylic acids is 4. The average Bonchev–Trinajstić information content (AvgIpc) is 2.71. The molecule has 2 rings (SSSR count). The SMILES string of the molecule is COC(=O)NCC(=O)NC1Cc2cccc(C(=O)OCOC(=O)C(C)(C)C)c2OB1O. The number of amides is 2. The van der Waals surface area contributed by atoms with Gasteiger partial charge in [-0.2, -0.15) is 0 Å². The van der Waals surface area contributed by atoms with Crippen molar-refractivity contribution in [1.82, 2.24) is 10.6 Å². The third-order valence-corrected chi connectivity index (χ3v) is 4.26. The van der Waals surface area contributed by atoms with Crippen LogP contribution in [0, 0.1) is 5.41 Å². The molecule has 1 unspecified atom stereocenters. The molecule has 0 bridgehead atoms. The molecule has 2 amide bonds. The minimum Gasteiger partial charge on any atom is -0.534 e. The number of benzene rings is 1. The van der Waals surface area contributed by atoms with Crippen molar-refractivity contribution in [1.29, 1.82) is 0 Å². The molecule has 0 spiro atoms. The van der Waals surface area contributed by atoms with Crippen LogP contribution in [0.25, 0.3) is 0 Å². The van der Waals surface area contributed by atoms with Gasteiger partial charge in [0.15, 0.2) is 0 Å². The largest absolute Gasteiger partial charge is 0.547 e. The van der Waals surface area contributed by atoms with Crippen LogP contribution in [0.5, 0.6) is 5.75 Å². The smallest absolute Gasteiger partial charge is 0.534 e. The first-order valence-corrected chi connectivity index (χ1v) is 9.45. The monoisotopic (exact) mass is 436 g/mol. The number of alkyl carbamates (subject to hydrolysis) is 1. The fraction of sp³-hybridized carbons (Fsp3) is 0.474. The van der Waals surface area contributed by atoms with E-state index in [9.17, 15) is 24.2 Å². The van der Waals surface area contributed by atoms with Crippen LogP contribution in [0.15, 0.2) is 18.2 Å². The Balaban J connectivity index is 2.00. The van der Waals surface area contributed by atoms with Crippen LogP contribution in [-0.2, 0) is 30.2 Å². The van der Waals surface area contributed by atoms with Gasteiger partial charge in [0, 0.05) is 0 Å². The van der Waals surface area contributed by atoms with Crippen LogP contribution in [0.3, 0.4) is 0 Å². The average molecular weight is 436 g/mol. The van der Waals surface area contributed by atoms with Crippen LogP contribution in [0.4, 0.5) is 4.79 Å². The van der Waals surface area contributed by atoms with Gasteiger partial charge in [-0.05, 0) is 38.8 Å². The number of hydrogen-bond acceptors (Lipinski definition) is 9. The van der Waals surface area contributed by atoms with E-state index in [1.54, 1.807) is 32.9 Å². The Hall–Kier alpha value is -3.28. The van der Waals surface area contributed by atoms with Crippen molar-refractivity contribution in [3.63, 3.8) is 0 Å². The Morgan fingerprint density at radius 1 is 1.23 bits per heavy atom. The van der Waals surface area contributed by atoms with Crippen molar-refractivity contribution in [2.45, 2.75) is 33.1 Å². The summed E-state index contributed by atoms with van der Waals surface area (Å²) in [7, 11) is -0.276. The van der Waals surface area contributed by atoms with E-state index >= 15 is 0 Å².